The van der Waals surface area contributed by atoms with Crippen LogP contribution in [0.1, 0.15) is 5.56 Å². The second kappa shape index (κ2) is 5.97. The number of halogens is 1. The van der Waals surface area contributed by atoms with Crippen molar-refractivity contribution in [2.75, 3.05) is 24.8 Å². The van der Waals surface area contributed by atoms with Crippen LogP contribution in [0.25, 0.3) is 0 Å². The molecule has 0 saturated heterocycles. The molecule has 0 amide bonds. The minimum atomic E-state index is 0.751. The number of ether oxygens (including phenoxy) is 1. The van der Waals surface area contributed by atoms with E-state index in [4.69, 9.17) is 10.5 Å². The normalized spacial score (nSPS) is 10.3. The Kier molecular flexibility index (Phi) is 4.32. The van der Waals surface area contributed by atoms with Gasteiger partial charge in [-0.1, -0.05) is 18.2 Å². The van der Waals surface area contributed by atoms with Crippen molar-refractivity contribution in [3.8, 4) is 5.75 Å². The van der Waals surface area contributed by atoms with Crippen LogP contribution in [0, 0.1) is 0 Å². The van der Waals surface area contributed by atoms with Gasteiger partial charge in [0.25, 0.3) is 0 Å². The van der Waals surface area contributed by atoms with Gasteiger partial charge in [-0.15, -0.1) is 0 Å². The Bertz CT molecular complexity index is 572. The molecule has 2 aromatic rings. The lowest BCUT2D eigenvalue weighted by Gasteiger charge is -2.22. The smallest absolute Gasteiger partial charge is 0.123 e. The Morgan fingerprint density at radius 1 is 1.21 bits per heavy atom. The first-order chi connectivity index (χ1) is 9.11. The van der Waals surface area contributed by atoms with Crippen molar-refractivity contribution in [2.45, 2.75) is 6.54 Å². The Balaban J connectivity index is 2.23. The maximum atomic E-state index is 5.76. The molecule has 0 fully saturated rings. The maximum absolute atomic E-state index is 5.76. The molecule has 0 unspecified atom stereocenters. The van der Waals surface area contributed by atoms with Gasteiger partial charge in [-0.25, -0.2) is 0 Å². The van der Waals surface area contributed by atoms with Crippen LogP contribution in [0.5, 0.6) is 5.75 Å². The minimum absolute atomic E-state index is 0.751. The van der Waals surface area contributed by atoms with Crippen molar-refractivity contribution >= 4 is 27.3 Å². The highest BCUT2D eigenvalue weighted by atomic mass is 79.9. The first kappa shape index (κ1) is 13.7. The first-order valence-corrected chi connectivity index (χ1v) is 6.79. The van der Waals surface area contributed by atoms with Crippen molar-refractivity contribution in [1.82, 2.24) is 0 Å². The van der Waals surface area contributed by atoms with E-state index in [0.717, 1.165) is 33.7 Å². The molecule has 0 spiro atoms. The van der Waals surface area contributed by atoms with Crippen molar-refractivity contribution < 1.29 is 4.74 Å². The third kappa shape index (κ3) is 3.20. The molecule has 0 aliphatic heterocycles. The zero-order chi connectivity index (χ0) is 13.8. The Hall–Kier alpha value is -1.68. The van der Waals surface area contributed by atoms with E-state index >= 15 is 0 Å². The predicted molar refractivity (Wildman–Crippen MR) is 83.7 cm³/mol. The van der Waals surface area contributed by atoms with Gasteiger partial charge in [0, 0.05) is 29.3 Å². The number of para-hydroxylation sites is 1. The lowest BCUT2D eigenvalue weighted by Crippen LogP contribution is -2.17. The predicted octanol–water partition coefficient (Wildman–Crippen LogP) is 3.68. The highest BCUT2D eigenvalue weighted by Gasteiger charge is 2.09. The summed E-state index contributed by atoms with van der Waals surface area (Å²) in [5.74, 6) is 0.904. The Labute approximate surface area is 122 Å². The Morgan fingerprint density at radius 3 is 2.63 bits per heavy atom. The molecule has 4 heteroatoms. The molecule has 2 rings (SSSR count). The van der Waals surface area contributed by atoms with E-state index in [2.05, 4.69) is 26.9 Å². The number of hydrogen-bond donors (Lipinski definition) is 1. The van der Waals surface area contributed by atoms with Crippen molar-refractivity contribution in [3.05, 3.63) is 52.5 Å². The summed E-state index contributed by atoms with van der Waals surface area (Å²) in [4.78, 5) is 2.15. The van der Waals surface area contributed by atoms with Gasteiger partial charge in [-0.05, 0) is 40.2 Å². The zero-order valence-electron chi connectivity index (χ0n) is 11.1. The fourth-order valence-corrected chi connectivity index (χ4v) is 2.71. The lowest BCUT2D eigenvalue weighted by molar-refractivity contribution is 0.409. The second-order valence-electron chi connectivity index (χ2n) is 4.38. The summed E-state index contributed by atoms with van der Waals surface area (Å²) in [6.07, 6.45) is 0. The van der Waals surface area contributed by atoms with E-state index < -0.39 is 0 Å². The second-order valence-corrected chi connectivity index (χ2v) is 5.23. The molecule has 3 nitrogen and oxygen atoms in total. The summed E-state index contributed by atoms with van der Waals surface area (Å²) < 4.78 is 6.36. The van der Waals surface area contributed by atoms with Crippen molar-refractivity contribution in [2.24, 2.45) is 0 Å². The number of rotatable bonds is 4. The topological polar surface area (TPSA) is 38.5 Å². The molecule has 100 valence electrons. The third-order valence-corrected chi connectivity index (χ3v) is 3.62. The summed E-state index contributed by atoms with van der Waals surface area (Å²) >= 11 is 3.54. The third-order valence-electron chi connectivity index (χ3n) is 2.98. The monoisotopic (exact) mass is 320 g/mol. The van der Waals surface area contributed by atoms with Crippen LogP contribution in [0.15, 0.2) is 46.9 Å². The number of nitrogens with two attached hydrogens (primary N) is 1. The molecule has 2 aromatic carbocycles. The van der Waals surface area contributed by atoms with Gasteiger partial charge in [0.15, 0.2) is 0 Å². The summed E-state index contributed by atoms with van der Waals surface area (Å²) in [7, 11) is 3.74. The summed E-state index contributed by atoms with van der Waals surface area (Å²) in [5.41, 5.74) is 8.76. The van der Waals surface area contributed by atoms with Gasteiger partial charge in [0.1, 0.15) is 5.75 Å². The zero-order valence-corrected chi connectivity index (χ0v) is 12.6. The quantitative estimate of drug-likeness (QED) is 0.873. The number of hydrogen-bond acceptors (Lipinski definition) is 3. The number of anilines is 2. The van der Waals surface area contributed by atoms with Crippen molar-refractivity contribution in [1.29, 1.82) is 0 Å². The molecule has 0 saturated carbocycles. The van der Waals surface area contributed by atoms with Gasteiger partial charge < -0.3 is 15.4 Å². The number of benzene rings is 2. The van der Waals surface area contributed by atoms with E-state index in [0.29, 0.717) is 0 Å². The molecule has 2 N–H and O–H groups in total. The number of nitrogens with zero attached hydrogens (tertiary/aromatic N) is 1. The molecule has 19 heavy (non-hydrogen) atoms. The molecule has 0 atom stereocenters. The van der Waals surface area contributed by atoms with Crippen LogP contribution in [0.2, 0.25) is 0 Å². The van der Waals surface area contributed by atoms with Crippen LogP contribution in [-0.4, -0.2) is 14.2 Å². The highest BCUT2D eigenvalue weighted by Crippen LogP contribution is 2.29. The van der Waals surface area contributed by atoms with Gasteiger partial charge in [-0.3, -0.25) is 0 Å². The SMILES string of the molecule is COc1ccccc1CN(C)c1ccc(N)cc1Br. The fourth-order valence-electron chi connectivity index (χ4n) is 2.01. The van der Waals surface area contributed by atoms with Gasteiger partial charge >= 0.3 is 0 Å². The van der Waals surface area contributed by atoms with Crippen LogP contribution < -0.4 is 15.4 Å². The lowest BCUT2D eigenvalue weighted by atomic mass is 10.1. The van der Waals surface area contributed by atoms with Crippen molar-refractivity contribution in [3.63, 3.8) is 0 Å². The molecule has 0 bridgehead atoms. The van der Waals surface area contributed by atoms with E-state index in [1.807, 2.05) is 43.4 Å². The molecule has 0 aromatic heterocycles. The number of methoxy groups -OCH3 is 1. The van der Waals surface area contributed by atoms with Gasteiger partial charge in [0.2, 0.25) is 0 Å². The Morgan fingerprint density at radius 2 is 1.95 bits per heavy atom. The van der Waals surface area contributed by atoms with Gasteiger partial charge in [0.05, 0.1) is 12.8 Å². The van der Waals surface area contributed by atoms with E-state index in [-0.39, 0.29) is 0 Å². The average molecular weight is 321 g/mol. The fraction of sp³-hybridized carbons (Fsp3) is 0.200. The van der Waals surface area contributed by atoms with Crippen LogP contribution >= 0.6 is 15.9 Å². The minimum Gasteiger partial charge on any atom is -0.496 e. The van der Waals surface area contributed by atoms with Crippen LogP contribution in [-0.2, 0) is 6.54 Å². The maximum Gasteiger partial charge on any atom is 0.123 e. The average Bonchev–Trinajstić information content (AvgIpc) is 2.39. The molecule has 0 aliphatic carbocycles. The molecule has 0 radical (unpaired) electrons. The standard InChI is InChI=1S/C15H17BrN2O/c1-18(14-8-7-12(17)9-13(14)16)10-11-5-3-4-6-15(11)19-2/h3-9H,10,17H2,1-2H3. The summed E-state index contributed by atoms with van der Waals surface area (Å²) in [6.45, 7) is 0.770. The van der Waals surface area contributed by atoms with Gasteiger partial charge in [-0.2, -0.15) is 0 Å². The molecule has 0 heterocycles. The van der Waals surface area contributed by atoms with E-state index in [1.165, 1.54) is 0 Å². The summed E-state index contributed by atoms with van der Waals surface area (Å²) in [5, 5.41) is 0. The van der Waals surface area contributed by atoms with E-state index in [1.54, 1.807) is 7.11 Å². The van der Waals surface area contributed by atoms with Crippen LogP contribution in [0.3, 0.4) is 0 Å². The van der Waals surface area contributed by atoms with Crippen LogP contribution in [0.4, 0.5) is 11.4 Å². The largest absolute Gasteiger partial charge is 0.496 e. The molecule has 0 aliphatic rings. The molecular weight excluding hydrogens is 304 g/mol. The van der Waals surface area contributed by atoms with E-state index in [9.17, 15) is 0 Å². The molecular formula is C15H17BrN2O. The first-order valence-electron chi connectivity index (χ1n) is 6.00. The number of nitrogen functional groups attached to an aromatic ring is 1. The summed E-state index contributed by atoms with van der Waals surface area (Å²) in [6, 6.07) is 13.9. The highest BCUT2D eigenvalue weighted by molar-refractivity contribution is 9.10.